The summed E-state index contributed by atoms with van der Waals surface area (Å²) in [6, 6.07) is 0. The molecule has 5 nitrogen and oxygen atoms in total. The highest BCUT2D eigenvalue weighted by Gasteiger charge is 2.34. The second-order valence-corrected chi connectivity index (χ2v) is 5.36. The molecule has 3 N–H and O–H groups in total. The molecule has 1 aliphatic rings. The molecule has 1 fully saturated rings. The third-order valence-electron chi connectivity index (χ3n) is 3.64. The highest BCUT2D eigenvalue weighted by atomic mass is 16.5. The molecule has 2 atom stereocenters. The molecule has 1 rings (SSSR count). The second kappa shape index (κ2) is 7.07. The molecule has 1 amide bonds. The molecule has 0 aromatic rings. The molecule has 0 radical (unpaired) electrons. The fourth-order valence-corrected chi connectivity index (χ4v) is 2.42. The van der Waals surface area contributed by atoms with Gasteiger partial charge in [-0.3, -0.25) is 9.69 Å². The third kappa shape index (κ3) is 4.23. The van der Waals surface area contributed by atoms with Crippen LogP contribution in [0.2, 0.25) is 0 Å². The van der Waals surface area contributed by atoms with E-state index in [2.05, 4.69) is 17.1 Å². The predicted molar refractivity (Wildman–Crippen MR) is 72.4 cm³/mol. The lowest BCUT2D eigenvalue weighted by Gasteiger charge is -2.38. The SMILES string of the molecule is CCCNC(C)(CN1CCCC(OC)C1)C(N)=O. The molecule has 2 unspecified atom stereocenters. The normalized spacial score (nSPS) is 24.7. The zero-order valence-corrected chi connectivity index (χ0v) is 11.9. The monoisotopic (exact) mass is 257 g/mol. The van der Waals surface area contributed by atoms with Crippen molar-refractivity contribution in [3.05, 3.63) is 0 Å². The molecule has 18 heavy (non-hydrogen) atoms. The van der Waals surface area contributed by atoms with Gasteiger partial charge >= 0.3 is 0 Å². The van der Waals surface area contributed by atoms with Gasteiger partial charge in [-0.05, 0) is 39.3 Å². The summed E-state index contributed by atoms with van der Waals surface area (Å²) >= 11 is 0. The van der Waals surface area contributed by atoms with E-state index in [4.69, 9.17) is 10.5 Å². The van der Waals surface area contributed by atoms with Gasteiger partial charge in [0.2, 0.25) is 5.91 Å². The van der Waals surface area contributed by atoms with Crippen LogP contribution in [0, 0.1) is 0 Å². The van der Waals surface area contributed by atoms with Gasteiger partial charge in [0, 0.05) is 20.2 Å². The fourth-order valence-electron chi connectivity index (χ4n) is 2.42. The van der Waals surface area contributed by atoms with E-state index in [1.165, 1.54) is 0 Å². The first-order valence-corrected chi connectivity index (χ1v) is 6.82. The Morgan fingerprint density at radius 2 is 2.33 bits per heavy atom. The van der Waals surface area contributed by atoms with Gasteiger partial charge < -0.3 is 15.8 Å². The summed E-state index contributed by atoms with van der Waals surface area (Å²) in [6.45, 7) is 7.32. The zero-order chi connectivity index (χ0) is 13.6. The third-order valence-corrected chi connectivity index (χ3v) is 3.64. The van der Waals surface area contributed by atoms with Crippen molar-refractivity contribution in [2.45, 2.75) is 44.8 Å². The Balaban J connectivity index is 2.57. The van der Waals surface area contributed by atoms with Crippen molar-refractivity contribution in [1.29, 1.82) is 0 Å². The number of nitrogens with two attached hydrogens (primary N) is 1. The number of carbonyl (C=O) groups excluding carboxylic acids is 1. The van der Waals surface area contributed by atoms with E-state index >= 15 is 0 Å². The molecule has 1 heterocycles. The molecule has 106 valence electrons. The molecule has 0 bridgehead atoms. The Morgan fingerprint density at radius 1 is 1.61 bits per heavy atom. The van der Waals surface area contributed by atoms with Crippen LogP contribution < -0.4 is 11.1 Å². The van der Waals surface area contributed by atoms with Crippen molar-refractivity contribution in [2.24, 2.45) is 5.73 Å². The number of amides is 1. The van der Waals surface area contributed by atoms with E-state index < -0.39 is 5.54 Å². The number of carbonyl (C=O) groups is 1. The van der Waals surface area contributed by atoms with Crippen LogP contribution in [0.1, 0.15) is 33.1 Å². The first-order chi connectivity index (χ1) is 8.51. The Labute approximate surface area is 110 Å². The van der Waals surface area contributed by atoms with Gasteiger partial charge in [0.15, 0.2) is 0 Å². The van der Waals surface area contributed by atoms with Crippen molar-refractivity contribution in [2.75, 3.05) is 33.3 Å². The van der Waals surface area contributed by atoms with Crippen LogP contribution in [0.5, 0.6) is 0 Å². The van der Waals surface area contributed by atoms with Gasteiger partial charge in [-0.2, -0.15) is 0 Å². The van der Waals surface area contributed by atoms with E-state index in [1.807, 2.05) is 6.92 Å². The lowest BCUT2D eigenvalue weighted by atomic mass is 9.98. The molecule has 0 aromatic carbocycles. The van der Waals surface area contributed by atoms with Crippen LogP contribution in [0.3, 0.4) is 0 Å². The van der Waals surface area contributed by atoms with Crippen LogP contribution in [-0.4, -0.2) is 55.7 Å². The summed E-state index contributed by atoms with van der Waals surface area (Å²) in [5, 5.41) is 3.27. The van der Waals surface area contributed by atoms with Gasteiger partial charge in [0.25, 0.3) is 0 Å². The van der Waals surface area contributed by atoms with Crippen LogP contribution in [-0.2, 0) is 9.53 Å². The maximum atomic E-state index is 11.7. The quantitative estimate of drug-likeness (QED) is 0.690. The molecule has 0 saturated carbocycles. The zero-order valence-electron chi connectivity index (χ0n) is 11.9. The second-order valence-electron chi connectivity index (χ2n) is 5.36. The number of nitrogens with one attached hydrogen (secondary N) is 1. The van der Waals surface area contributed by atoms with Gasteiger partial charge in [0.05, 0.1) is 6.10 Å². The summed E-state index contributed by atoms with van der Waals surface area (Å²) < 4.78 is 5.40. The van der Waals surface area contributed by atoms with Crippen molar-refractivity contribution >= 4 is 5.91 Å². The highest BCUT2D eigenvalue weighted by Crippen LogP contribution is 2.15. The fraction of sp³-hybridized carbons (Fsp3) is 0.923. The number of hydrogen-bond acceptors (Lipinski definition) is 4. The van der Waals surface area contributed by atoms with E-state index in [9.17, 15) is 4.79 Å². The van der Waals surface area contributed by atoms with Crippen molar-refractivity contribution in [3.63, 3.8) is 0 Å². The van der Waals surface area contributed by atoms with Crippen LogP contribution >= 0.6 is 0 Å². The number of piperidine rings is 1. The van der Waals surface area contributed by atoms with E-state index in [0.717, 1.165) is 38.9 Å². The first kappa shape index (κ1) is 15.4. The Kier molecular flexibility index (Phi) is 6.05. The standard InChI is InChI=1S/C13H27N3O2/c1-4-7-15-13(2,12(14)17)10-16-8-5-6-11(9-16)18-3/h11,15H,4-10H2,1-3H3,(H2,14,17). The molecule has 1 aliphatic heterocycles. The number of rotatable bonds is 7. The highest BCUT2D eigenvalue weighted by molar-refractivity contribution is 5.84. The van der Waals surface area contributed by atoms with Gasteiger partial charge in [0.1, 0.15) is 5.54 Å². The summed E-state index contributed by atoms with van der Waals surface area (Å²) in [5.41, 5.74) is 4.89. The predicted octanol–water partition coefficient (Wildman–Crippen LogP) is 0.341. The summed E-state index contributed by atoms with van der Waals surface area (Å²) in [5.74, 6) is -0.282. The minimum atomic E-state index is -0.647. The van der Waals surface area contributed by atoms with Crippen molar-refractivity contribution in [1.82, 2.24) is 10.2 Å². The van der Waals surface area contributed by atoms with E-state index in [1.54, 1.807) is 7.11 Å². The number of likely N-dealkylation sites (tertiary alicyclic amines) is 1. The average Bonchev–Trinajstić information content (AvgIpc) is 2.36. The molecular formula is C13H27N3O2. The van der Waals surface area contributed by atoms with Crippen LogP contribution in [0.25, 0.3) is 0 Å². The Hall–Kier alpha value is -0.650. The first-order valence-electron chi connectivity index (χ1n) is 6.82. The summed E-state index contributed by atoms with van der Waals surface area (Å²) in [7, 11) is 1.75. The topological polar surface area (TPSA) is 67.6 Å². The number of primary amides is 1. The van der Waals surface area contributed by atoms with Crippen molar-refractivity contribution < 1.29 is 9.53 Å². The van der Waals surface area contributed by atoms with Gasteiger partial charge in [-0.25, -0.2) is 0 Å². The summed E-state index contributed by atoms with van der Waals surface area (Å²) in [4.78, 5) is 13.9. The Bertz CT molecular complexity index is 273. The Morgan fingerprint density at radius 3 is 2.89 bits per heavy atom. The van der Waals surface area contributed by atoms with Gasteiger partial charge in [-0.1, -0.05) is 6.92 Å². The average molecular weight is 257 g/mol. The van der Waals surface area contributed by atoms with Gasteiger partial charge in [-0.15, -0.1) is 0 Å². The number of nitrogens with zero attached hydrogens (tertiary/aromatic N) is 1. The molecule has 0 spiro atoms. The number of methoxy groups -OCH3 is 1. The molecule has 0 aliphatic carbocycles. The van der Waals surface area contributed by atoms with E-state index in [0.29, 0.717) is 6.54 Å². The minimum Gasteiger partial charge on any atom is -0.380 e. The number of ether oxygens (including phenoxy) is 1. The molecule has 0 aromatic heterocycles. The number of hydrogen-bond donors (Lipinski definition) is 2. The molecular weight excluding hydrogens is 230 g/mol. The lowest BCUT2D eigenvalue weighted by Crippen LogP contribution is -2.61. The smallest absolute Gasteiger partial charge is 0.238 e. The largest absolute Gasteiger partial charge is 0.380 e. The van der Waals surface area contributed by atoms with Crippen LogP contribution in [0.4, 0.5) is 0 Å². The molecule has 1 saturated heterocycles. The minimum absolute atomic E-state index is 0.280. The maximum absolute atomic E-state index is 11.7. The van der Waals surface area contributed by atoms with Crippen LogP contribution in [0.15, 0.2) is 0 Å². The van der Waals surface area contributed by atoms with Crippen molar-refractivity contribution in [3.8, 4) is 0 Å². The summed E-state index contributed by atoms with van der Waals surface area (Å²) in [6.07, 6.45) is 3.48. The lowest BCUT2D eigenvalue weighted by molar-refractivity contribution is -0.125. The molecule has 5 heteroatoms. The maximum Gasteiger partial charge on any atom is 0.238 e. The van der Waals surface area contributed by atoms with E-state index in [-0.39, 0.29) is 12.0 Å².